The second kappa shape index (κ2) is 13.2. The van der Waals surface area contributed by atoms with Crippen LogP contribution in [0.2, 0.25) is 0 Å². The van der Waals surface area contributed by atoms with Crippen molar-refractivity contribution >= 4 is 35.6 Å². The zero-order chi connectivity index (χ0) is 17.9. The van der Waals surface area contributed by atoms with Gasteiger partial charge in [-0.2, -0.15) is 0 Å². The zero-order valence-electron chi connectivity index (χ0n) is 16.3. The van der Waals surface area contributed by atoms with Crippen molar-refractivity contribution in [3.8, 4) is 0 Å². The number of methoxy groups -OCH3 is 1. The number of nitrogens with zero attached hydrogens (tertiary/aromatic N) is 2. The Hall–Kier alpha value is -1.06. The summed E-state index contributed by atoms with van der Waals surface area (Å²) in [6.45, 7) is 7.83. The van der Waals surface area contributed by atoms with Crippen molar-refractivity contribution in [2.75, 3.05) is 52.3 Å². The van der Waals surface area contributed by atoms with Gasteiger partial charge in [-0.3, -0.25) is 9.89 Å². The summed E-state index contributed by atoms with van der Waals surface area (Å²) in [4.78, 5) is 6.87. The Morgan fingerprint density at radius 3 is 2.69 bits per heavy atom. The first kappa shape index (κ1) is 23.0. The second-order valence-corrected chi connectivity index (χ2v) is 6.35. The van der Waals surface area contributed by atoms with E-state index in [0.717, 1.165) is 37.8 Å². The van der Waals surface area contributed by atoms with Gasteiger partial charge in [0.05, 0.1) is 6.61 Å². The highest BCUT2D eigenvalue weighted by Gasteiger charge is 2.22. The fraction of sp³-hybridized carbons (Fsp3) is 0.632. The molecular formula is C19H34IN5O. The van der Waals surface area contributed by atoms with Crippen LogP contribution in [0.3, 0.4) is 0 Å². The molecule has 0 aliphatic carbocycles. The fourth-order valence-corrected chi connectivity index (χ4v) is 3.20. The molecule has 0 saturated carbocycles. The number of anilines is 1. The monoisotopic (exact) mass is 475 g/mol. The highest BCUT2D eigenvalue weighted by Crippen LogP contribution is 2.15. The average molecular weight is 475 g/mol. The highest BCUT2D eigenvalue weighted by atomic mass is 127. The number of benzene rings is 1. The molecule has 1 unspecified atom stereocenters. The average Bonchev–Trinajstić information content (AvgIpc) is 3.11. The van der Waals surface area contributed by atoms with Crippen molar-refractivity contribution in [3.05, 3.63) is 29.8 Å². The van der Waals surface area contributed by atoms with Crippen LogP contribution in [0.25, 0.3) is 0 Å². The van der Waals surface area contributed by atoms with Gasteiger partial charge in [0.1, 0.15) is 0 Å². The van der Waals surface area contributed by atoms with Crippen molar-refractivity contribution in [1.29, 1.82) is 0 Å². The number of ether oxygens (including phenoxy) is 1. The number of nitrogens with one attached hydrogen (secondary N) is 3. The molecule has 2 rings (SSSR count). The van der Waals surface area contributed by atoms with E-state index < -0.39 is 0 Å². The first-order chi connectivity index (χ1) is 12.3. The molecule has 1 saturated heterocycles. The summed E-state index contributed by atoms with van der Waals surface area (Å²) in [6, 6.07) is 9.08. The van der Waals surface area contributed by atoms with Gasteiger partial charge in [0, 0.05) is 45.5 Å². The molecule has 1 aliphatic heterocycles. The van der Waals surface area contributed by atoms with Crippen LogP contribution in [0.5, 0.6) is 0 Å². The van der Waals surface area contributed by atoms with Crippen LogP contribution in [0.15, 0.2) is 29.3 Å². The lowest BCUT2D eigenvalue weighted by Gasteiger charge is -2.24. The summed E-state index contributed by atoms with van der Waals surface area (Å²) >= 11 is 0. The molecule has 1 aromatic rings. The van der Waals surface area contributed by atoms with Crippen LogP contribution in [-0.4, -0.2) is 63.8 Å². The molecule has 148 valence electrons. The van der Waals surface area contributed by atoms with E-state index in [1.807, 2.05) is 7.05 Å². The Morgan fingerprint density at radius 1 is 1.27 bits per heavy atom. The molecular weight excluding hydrogens is 441 g/mol. The van der Waals surface area contributed by atoms with Crippen molar-refractivity contribution < 1.29 is 4.74 Å². The number of likely N-dealkylation sites (N-methyl/N-ethyl adjacent to an activating group) is 1. The second-order valence-electron chi connectivity index (χ2n) is 6.35. The van der Waals surface area contributed by atoms with Crippen LogP contribution < -0.4 is 16.0 Å². The van der Waals surface area contributed by atoms with Crippen LogP contribution in [0, 0.1) is 0 Å². The smallest absolute Gasteiger partial charge is 0.191 e. The minimum Gasteiger partial charge on any atom is -0.383 e. The number of rotatable bonds is 9. The molecule has 0 aromatic heterocycles. The molecule has 7 heteroatoms. The van der Waals surface area contributed by atoms with E-state index in [9.17, 15) is 0 Å². The predicted molar refractivity (Wildman–Crippen MR) is 121 cm³/mol. The van der Waals surface area contributed by atoms with Gasteiger partial charge in [-0.05, 0) is 43.6 Å². The summed E-state index contributed by atoms with van der Waals surface area (Å²) in [5.74, 6) is 0.866. The minimum atomic E-state index is 0. The standard InChI is InChI=1S/C19H33N5O.HI/c1-4-24-12-5-6-18(24)15-23-19(20-2)22-14-16-7-9-17(10-8-16)21-11-13-25-3;/h7-10,18,21H,4-6,11-15H2,1-3H3,(H2,20,22,23);1H. The van der Waals surface area contributed by atoms with Gasteiger partial charge in [0.2, 0.25) is 0 Å². The zero-order valence-corrected chi connectivity index (χ0v) is 18.6. The van der Waals surface area contributed by atoms with E-state index in [0.29, 0.717) is 12.6 Å². The largest absolute Gasteiger partial charge is 0.383 e. The van der Waals surface area contributed by atoms with E-state index in [2.05, 4.69) is 57.0 Å². The molecule has 0 spiro atoms. The first-order valence-corrected chi connectivity index (χ1v) is 9.27. The maximum Gasteiger partial charge on any atom is 0.191 e. The Kier molecular flexibility index (Phi) is 11.6. The lowest BCUT2D eigenvalue weighted by atomic mass is 10.2. The van der Waals surface area contributed by atoms with E-state index in [1.54, 1.807) is 7.11 Å². The normalized spacial score (nSPS) is 17.7. The number of likely N-dealkylation sites (tertiary alicyclic amines) is 1. The Labute approximate surface area is 175 Å². The van der Waals surface area contributed by atoms with Crippen molar-refractivity contribution in [2.45, 2.75) is 32.4 Å². The van der Waals surface area contributed by atoms with Crippen molar-refractivity contribution in [2.24, 2.45) is 4.99 Å². The summed E-state index contributed by atoms with van der Waals surface area (Å²) in [5.41, 5.74) is 2.35. The van der Waals surface area contributed by atoms with Gasteiger partial charge in [-0.25, -0.2) is 0 Å². The topological polar surface area (TPSA) is 60.9 Å². The SMILES string of the molecule is CCN1CCCC1CNC(=NC)NCc1ccc(NCCOC)cc1.I. The molecule has 3 N–H and O–H groups in total. The van der Waals surface area contributed by atoms with Gasteiger partial charge >= 0.3 is 0 Å². The fourth-order valence-electron chi connectivity index (χ4n) is 3.20. The molecule has 1 atom stereocenters. The lowest BCUT2D eigenvalue weighted by Crippen LogP contribution is -2.44. The molecule has 1 aliphatic rings. The summed E-state index contributed by atoms with van der Waals surface area (Å²) < 4.78 is 5.04. The van der Waals surface area contributed by atoms with Gasteiger partial charge in [-0.15, -0.1) is 24.0 Å². The highest BCUT2D eigenvalue weighted by molar-refractivity contribution is 14.0. The molecule has 26 heavy (non-hydrogen) atoms. The molecule has 1 aromatic carbocycles. The molecule has 0 amide bonds. The van der Waals surface area contributed by atoms with Crippen LogP contribution in [0.4, 0.5) is 5.69 Å². The van der Waals surface area contributed by atoms with E-state index in [-0.39, 0.29) is 24.0 Å². The minimum absolute atomic E-state index is 0. The Balaban J connectivity index is 0.00000338. The van der Waals surface area contributed by atoms with Gasteiger partial charge in [0.15, 0.2) is 5.96 Å². The number of aliphatic imine (C=N–C) groups is 1. The summed E-state index contributed by atoms with van der Waals surface area (Å²) in [7, 11) is 3.54. The lowest BCUT2D eigenvalue weighted by molar-refractivity contribution is 0.211. The number of halogens is 1. The van der Waals surface area contributed by atoms with Crippen LogP contribution >= 0.6 is 24.0 Å². The molecule has 1 fully saturated rings. The maximum absolute atomic E-state index is 5.04. The first-order valence-electron chi connectivity index (χ1n) is 9.27. The summed E-state index contributed by atoms with van der Waals surface area (Å²) in [5, 5.41) is 10.2. The Bertz CT molecular complexity index is 523. The van der Waals surface area contributed by atoms with Crippen molar-refractivity contribution in [1.82, 2.24) is 15.5 Å². The third-order valence-corrected chi connectivity index (χ3v) is 4.68. The molecule has 0 bridgehead atoms. The van der Waals surface area contributed by atoms with E-state index in [4.69, 9.17) is 4.74 Å². The summed E-state index contributed by atoms with van der Waals surface area (Å²) in [6.07, 6.45) is 2.58. The third kappa shape index (κ3) is 7.67. The van der Waals surface area contributed by atoms with Gasteiger partial charge in [-0.1, -0.05) is 19.1 Å². The number of guanidine groups is 1. The van der Waals surface area contributed by atoms with E-state index >= 15 is 0 Å². The van der Waals surface area contributed by atoms with Gasteiger partial charge in [0.25, 0.3) is 0 Å². The van der Waals surface area contributed by atoms with Gasteiger partial charge < -0.3 is 20.7 Å². The Morgan fingerprint density at radius 2 is 2.04 bits per heavy atom. The quantitative estimate of drug-likeness (QED) is 0.222. The van der Waals surface area contributed by atoms with Crippen LogP contribution in [0.1, 0.15) is 25.3 Å². The van der Waals surface area contributed by atoms with Crippen molar-refractivity contribution in [3.63, 3.8) is 0 Å². The van der Waals surface area contributed by atoms with Crippen LogP contribution in [-0.2, 0) is 11.3 Å². The molecule has 1 heterocycles. The number of hydrogen-bond donors (Lipinski definition) is 3. The maximum atomic E-state index is 5.04. The molecule has 0 radical (unpaired) electrons. The molecule has 6 nitrogen and oxygen atoms in total. The number of hydrogen-bond acceptors (Lipinski definition) is 4. The van der Waals surface area contributed by atoms with E-state index in [1.165, 1.54) is 24.9 Å². The predicted octanol–water partition coefficient (Wildman–Crippen LogP) is 2.51. The third-order valence-electron chi connectivity index (χ3n) is 4.68.